The maximum absolute atomic E-state index is 12.0. The molecular weight excluding hydrogens is 308 g/mol. The minimum atomic E-state index is -0.756. The molecule has 2 amide bonds. The van der Waals surface area contributed by atoms with Gasteiger partial charge in [0.05, 0.1) is 6.10 Å². The zero-order valence-electron chi connectivity index (χ0n) is 13.5. The van der Waals surface area contributed by atoms with E-state index in [-0.39, 0.29) is 24.4 Å². The summed E-state index contributed by atoms with van der Waals surface area (Å²) in [6, 6.07) is 3.48. The van der Waals surface area contributed by atoms with Crippen molar-refractivity contribution >= 4 is 11.8 Å². The molecule has 1 aromatic rings. The van der Waals surface area contributed by atoms with Gasteiger partial charge in [-0.25, -0.2) is 0 Å². The Bertz CT molecular complexity index is 605. The smallest absolute Gasteiger partial charge is 0.251 e. The van der Waals surface area contributed by atoms with Crippen LogP contribution in [-0.2, 0) is 4.79 Å². The number of pyridine rings is 1. The summed E-state index contributed by atoms with van der Waals surface area (Å²) in [5.41, 5.74) is 5.48. The molecule has 3 rings (SSSR count). The number of nitrogens with zero attached hydrogens (tertiary/aromatic N) is 2. The van der Waals surface area contributed by atoms with Gasteiger partial charge in [-0.3, -0.25) is 19.5 Å². The van der Waals surface area contributed by atoms with Gasteiger partial charge in [-0.2, -0.15) is 0 Å². The van der Waals surface area contributed by atoms with Crippen LogP contribution in [0, 0.1) is 6.42 Å². The van der Waals surface area contributed by atoms with Crippen molar-refractivity contribution in [3.63, 3.8) is 0 Å². The Balaban J connectivity index is 1.57. The SMILES string of the molecule is NC(=O)[C@]12C[CH]C[C@H](CC1)N2CC(O)CNC(=O)c1ccncc1. The fourth-order valence-electron chi connectivity index (χ4n) is 3.83. The van der Waals surface area contributed by atoms with Gasteiger partial charge in [0.15, 0.2) is 0 Å². The molecule has 0 spiro atoms. The Kier molecular flexibility index (Phi) is 4.82. The van der Waals surface area contributed by atoms with Gasteiger partial charge >= 0.3 is 0 Å². The number of nitrogens with two attached hydrogens (primary N) is 1. The number of aliphatic hydroxyl groups excluding tert-OH is 1. The van der Waals surface area contributed by atoms with Gasteiger partial charge in [-0.1, -0.05) is 0 Å². The highest BCUT2D eigenvalue weighted by molar-refractivity contribution is 5.93. The second-order valence-corrected chi connectivity index (χ2v) is 6.57. The summed E-state index contributed by atoms with van der Waals surface area (Å²) < 4.78 is 0. The summed E-state index contributed by atoms with van der Waals surface area (Å²) >= 11 is 0. The van der Waals surface area contributed by atoms with Crippen LogP contribution in [-0.4, -0.2) is 57.6 Å². The number of fused-ring (bicyclic) bond motifs is 2. The van der Waals surface area contributed by atoms with Crippen molar-refractivity contribution in [3.8, 4) is 0 Å². The van der Waals surface area contributed by atoms with Crippen molar-refractivity contribution < 1.29 is 14.7 Å². The summed E-state index contributed by atoms with van der Waals surface area (Å²) in [5.74, 6) is -0.579. The maximum atomic E-state index is 12.0. The van der Waals surface area contributed by atoms with Crippen LogP contribution in [0.4, 0.5) is 0 Å². The molecule has 0 aliphatic carbocycles. The number of primary amides is 1. The average molecular weight is 331 g/mol. The lowest BCUT2D eigenvalue weighted by Gasteiger charge is -2.43. The summed E-state index contributed by atoms with van der Waals surface area (Å²) in [6.07, 6.45) is 7.65. The van der Waals surface area contributed by atoms with Crippen molar-refractivity contribution in [2.24, 2.45) is 5.73 Å². The fourth-order valence-corrected chi connectivity index (χ4v) is 3.83. The molecule has 1 aromatic heterocycles. The first-order valence-electron chi connectivity index (χ1n) is 8.27. The fraction of sp³-hybridized carbons (Fsp3) is 0.529. The number of nitrogens with one attached hydrogen (secondary N) is 1. The van der Waals surface area contributed by atoms with Gasteiger partial charge in [0.25, 0.3) is 5.91 Å². The summed E-state index contributed by atoms with van der Waals surface area (Å²) in [6.45, 7) is 0.459. The summed E-state index contributed by atoms with van der Waals surface area (Å²) in [5, 5.41) is 13.0. The van der Waals surface area contributed by atoms with Gasteiger partial charge in [-0.05, 0) is 44.2 Å². The van der Waals surface area contributed by atoms with Crippen LogP contribution in [0.5, 0.6) is 0 Å². The number of rotatable bonds is 6. The third kappa shape index (κ3) is 3.14. The van der Waals surface area contributed by atoms with Crippen LogP contribution in [0.25, 0.3) is 0 Å². The zero-order chi connectivity index (χ0) is 17.2. The van der Waals surface area contributed by atoms with E-state index in [0.717, 1.165) is 19.3 Å². The number of piperidine rings is 1. The van der Waals surface area contributed by atoms with E-state index >= 15 is 0 Å². The molecule has 7 nitrogen and oxygen atoms in total. The molecule has 24 heavy (non-hydrogen) atoms. The maximum Gasteiger partial charge on any atom is 0.251 e. The highest BCUT2D eigenvalue weighted by Gasteiger charge is 2.52. The molecule has 0 aromatic carbocycles. The highest BCUT2D eigenvalue weighted by atomic mass is 16.3. The van der Waals surface area contributed by atoms with Crippen molar-refractivity contribution in [1.82, 2.24) is 15.2 Å². The van der Waals surface area contributed by atoms with E-state index in [2.05, 4.69) is 16.7 Å². The van der Waals surface area contributed by atoms with E-state index in [9.17, 15) is 14.7 Å². The molecule has 1 unspecified atom stereocenters. The lowest BCUT2D eigenvalue weighted by Crippen LogP contribution is -2.60. The minimum Gasteiger partial charge on any atom is -0.390 e. The molecule has 1 radical (unpaired) electrons. The number of carbonyl (C=O) groups excluding carboxylic acids is 2. The first-order chi connectivity index (χ1) is 11.5. The Morgan fingerprint density at radius 3 is 2.92 bits per heavy atom. The van der Waals surface area contributed by atoms with Crippen molar-refractivity contribution in [2.75, 3.05) is 13.1 Å². The van der Waals surface area contributed by atoms with Crippen LogP contribution in [0.2, 0.25) is 0 Å². The Hall–Kier alpha value is -1.99. The van der Waals surface area contributed by atoms with E-state index in [4.69, 9.17) is 5.73 Å². The number of aliphatic hydroxyl groups is 1. The summed E-state index contributed by atoms with van der Waals surface area (Å²) in [4.78, 5) is 29.9. The van der Waals surface area contributed by atoms with Crippen molar-refractivity contribution in [3.05, 3.63) is 36.5 Å². The van der Waals surface area contributed by atoms with E-state index in [1.54, 1.807) is 24.5 Å². The Labute approximate surface area is 141 Å². The van der Waals surface area contributed by atoms with Crippen LogP contribution < -0.4 is 11.1 Å². The first kappa shape index (κ1) is 16.9. The quantitative estimate of drug-likeness (QED) is 0.672. The number of amides is 2. The van der Waals surface area contributed by atoms with E-state index in [1.807, 2.05) is 4.90 Å². The van der Waals surface area contributed by atoms with Gasteiger partial charge < -0.3 is 16.2 Å². The van der Waals surface area contributed by atoms with E-state index < -0.39 is 11.6 Å². The minimum absolute atomic E-state index is 0.128. The largest absolute Gasteiger partial charge is 0.390 e. The lowest BCUT2D eigenvalue weighted by atomic mass is 9.87. The molecule has 3 atom stereocenters. The van der Waals surface area contributed by atoms with Crippen LogP contribution in [0.15, 0.2) is 24.5 Å². The van der Waals surface area contributed by atoms with Gasteiger partial charge in [0.1, 0.15) is 5.54 Å². The number of aromatic nitrogens is 1. The van der Waals surface area contributed by atoms with Crippen molar-refractivity contribution in [1.29, 1.82) is 0 Å². The van der Waals surface area contributed by atoms with E-state index in [0.29, 0.717) is 18.5 Å². The molecule has 7 heteroatoms. The number of hydrogen-bond donors (Lipinski definition) is 3. The van der Waals surface area contributed by atoms with Gasteiger partial charge in [0.2, 0.25) is 5.91 Å². The van der Waals surface area contributed by atoms with Gasteiger partial charge in [-0.15, -0.1) is 0 Å². The van der Waals surface area contributed by atoms with Crippen LogP contribution in [0.3, 0.4) is 0 Å². The second-order valence-electron chi connectivity index (χ2n) is 6.57. The number of β-amino-alcohol motifs (C(OH)–C–C–N with tert-alkyl or cyclic N) is 1. The van der Waals surface area contributed by atoms with Crippen LogP contribution >= 0.6 is 0 Å². The number of hydrogen-bond acceptors (Lipinski definition) is 5. The molecule has 2 bridgehead atoms. The zero-order valence-corrected chi connectivity index (χ0v) is 13.5. The second kappa shape index (κ2) is 6.86. The van der Waals surface area contributed by atoms with Crippen LogP contribution in [0.1, 0.15) is 36.0 Å². The predicted octanol–water partition coefficient (Wildman–Crippen LogP) is -0.141. The molecule has 129 valence electrons. The molecule has 3 heterocycles. The monoisotopic (exact) mass is 331 g/mol. The highest BCUT2D eigenvalue weighted by Crippen LogP contribution is 2.43. The topological polar surface area (TPSA) is 109 Å². The first-order valence-corrected chi connectivity index (χ1v) is 8.27. The third-order valence-electron chi connectivity index (χ3n) is 5.11. The molecule has 2 aliphatic rings. The molecule has 2 fully saturated rings. The molecule has 2 aliphatic heterocycles. The average Bonchev–Trinajstić information content (AvgIpc) is 2.79. The summed E-state index contributed by atoms with van der Waals surface area (Å²) in [7, 11) is 0. The molecule has 0 saturated carbocycles. The molecule has 2 saturated heterocycles. The van der Waals surface area contributed by atoms with Gasteiger partial charge in [0, 0.05) is 37.1 Å². The Morgan fingerprint density at radius 2 is 2.21 bits per heavy atom. The Morgan fingerprint density at radius 1 is 1.46 bits per heavy atom. The number of carbonyl (C=O) groups is 2. The van der Waals surface area contributed by atoms with E-state index in [1.165, 1.54) is 0 Å². The normalized spacial score (nSPS) is 27.6. The molecular formula is C17H23N4O3. The predicted molar refractivity (Wildman–Crippen MR) is 87.8 cm³/mol. The van der Waals surface area contributed by atoms with Crippen molar-refractivity contribution in [2.45, 2.75) is 43.4 Å². The lowest BCUT2D eigenvalue weighted by molar-refractivity contribution is -0.131. The third-order valence-corrected chi connectivity index (χ3v) is 5.11. The molecule has 4 N–H and O–H groups in total. The standard InChI is InChI=1S/C17H23N4O3/c18-16(24)17-6-1-2-13(3-7-17)21(17)11-14(22)10-20-15(23)12-4-8-19-9-5-12/h1,4-5,8-9,13-14,22H,2-3,6-7,10-11H2,(H2,18,24)(H,20,23)/t13-,14?,17+/m1/s1.